The van der Waals surface area contributed by atoms with Gasteiger partial charge < -0.3 is 14.8 Å². The normalized spacial score (nSPS) is 10.5. The number of rotatable bonds is 6. The van der Waals surface area contributed by atoms with Gasteiger partial charge in [-0.3, -0.25) is 4.98 Å². The highest BCUT2D eigenvalue weighted by atomic mass is 35.5. The molecule has 0 saturated heterocycles. The van der Waals surface area contributed by atoms with Crippen molar-refractivity contribution in [2.24, 2.45) is 0 Å². The molecule has 0 unspecified atom stereocenters. The van der Waals surface area contributed by atoms with Crippen molar-refractivity contribution in [3.63, 3.8) is 0 Å². The first-order chi connectivity index (χ1) is 10.1. The van der Waals surface area contributed by atoms with Gasteiger partial charge in [-0.05, 0) is 44.3 Å². The van der Waals surface area contributed by atoms with Gasteiger partial charge in [0.1, 0.15) is 18.1 Å². The van der Waals surface area contributed by atoms with Crippen molar-refractivity contribution in [1.29, 1.82) is 0 Å². The van der Waals surface area contributed by atoms with E-state index in [9.17, 15) is 0 Å². The third-order valence-electron chi connectivity index (χ3n) is 3.04. The molecule has 4 nitrogen and oxygen atoms in total. The lowest BCUT2D eigenvalue weighted by atomic mass is 10.2. The number of aryl methyl sites for hydroxylation is 1. The summed E-state index contributed by atoms with van der Waals surface area (Å²) >= 11 is 6.02. The van der Waals surface area contributed by atoms with Crippen LogP contribution in [0.5, 0.6) is 11.5 Å². The summed E-state index contributed by atoms with van der Waals surface area (Å²) in [5.74, 6) is 1.52. The molecule has 21 heavy (non-hydrogen) atoms. The molecule has 0 saturated carbocycles. The van der Waals surface area contributed by atoms with Gasteiger partial charge in [0.15, 0.2) is 0 Å². The molecule has 0 fully saturated rings. The standard InChI is InChI=1S/C16H19ClN2O2/c1-11-4-6-16(14(19-11)9-18-2)21-10-12-8-13(17)5-7-15(12)20-3/h4-8,18H,9-10H2,1-3H3. The zero-order valence-electron chi connectivity index (χ0n) is 12.4. The molecular weight excluding hydrogens is 288 g/mol. The van der Waals surface area contributed by atoms with Crippen LogP contribution in [0.15, 0.2) is 30.3 Å². The number of pyridine rings is 1. The second kappa shape index (κ2) is 7.29. The topological polar surface area (TPSA) is 43.4 Å². The van der Waals surface area contributed by atoms with E-state index in [0.717, 1.165) is 28.5 Å². The molecule has 0 bridgehead atoms. The molecule has 0 radical (unpaired) electrons. The van der Waals surface area contributed by atoms with Crippen molar-refractivity contribution in [3.8, 4) is 11.5 Å². The first kappa shape index (κ1) is 15.6. The van der Waals surface area contributed by atoms with Gasteiger partial charge in [-0.2, -0.15) is 0 Å². The summed E-state index contributed by atoms with van der Waals surface area (Å²) in [5.41, 5.74) is 2.76. The van der Waals surface area contributed by atoms with Crippen molar-refractivity contribution < 1.29 is 9.47 Å². The van der Waals surface area contributed by atoms with E-state index in [1.165, 1.54) is 0 Å². The highest BCUT2D eigenvalue weighted by Crippen LogP contribution is 2.25. The number of methoxy groups -OCH3 is 1. The molecule has 0 aliphatic rings. The van der Waals surface area contributed by atoms with Crippen molar-refractivity contribution >= 4 is 11.6 Å². The molecule has 1 aromatic carbocycles. The highest BCUT2D eigenvalue weighted by Gasteiger charge is 2.09. The highest BCUT2D eigenvalue weighted by molar-refractivity contribution is 6.30. The average molecular weight is 307 g/mol. The van der Waals surface area contributed by atoms with Crippen molar-refractivity contribution in [1.82, 2.24) is 10.3 Å². The Hall–Kier alpha value is -1.78. The van der Waals surface area contributed by atoms with Crippen LogP contribution in [0.4, 0.5) is 0 Å². The second-order valence-corrected chi connectivity index (χ2v) is 5.11. The first-order valence-corrected chi connectivity index (χ1v) is 7.08. The summed E-state index contributed by atoms with van der Waals surface area (Å²) in [4.78, 5) is 4.49. The van der Waals surface area contributed by atoms with Crippen molar-refractivity contribution in [3.05, 3.63) is 52.3 Å². The third kappa shape index (κ3) is 4.09. The smallest absolute Gasteiger partial charge is 0.142 e. The van der Waals surface area contributed by atoms with E-state index in [4.69, 9.17) is 21.1 Å². The molecule has 5 heteroatoms. The minimum Gasteiger partial charge on any atom is -0.496 e. The Balaban J connectivity index is 2.18. The summed E-state index contributed by atoms with van der Waals surface area (Å²) in [6.45, 7) is 3.00. The van der Waals surface area contributed by atoms with E-state index in [-0.39, 0.29) is 0 Å². The molecule has 2 rings (SSSR count). The maximum atomic E-state index is 6.02. The second-order valence-electron chi connectivity index (χ2n) is 4.67. The van der Waals surface area contributed by atoms with Crippen LogP contribution in [0.1, 0.15) is 17.0 Å². The third-order valence-corrected chi connectivity index (χ3v) is 3.28. The Bertz CT molecular complexity index is 617. The lowest BCUT2D eigenvalue weighted by Gasteiger charge is -2.13. The Morgan fingerprint density at radius 2 is 1.95 bits per heavy atom. The van der Waals surface area contributed by atoms with Gasteiger partial charge in [-0.1, -0.05) is 11.6 Å². The van der Waals surface area contributed by atoms with Crippen LogP contribution in [0.2, 0.25) is 5.02 Å². The average Bonchev–Trinajstić information content (AvgIpc) is 2.47. The van der Waals surface area contributed by atoms with Crippen LogP contribution in [-0.4, -0.2) is 19.1 Å². The van der Waals surface area contributed by atoms with Gasteiger partial charge in [0, 0.05) is 22.8 Å². The van der Waals surface area contributed by atoms with Crippen LogP contribution in [0.3, 0.4) is 0 Å². The van der Waals surface area contributed by atoms with E-state index in [2.05, 4.69) is 10.3 Å². The predicted octanol–water partition coefficient (Wildman–Crippen LogP) is 3.35. The van der Waals surface area contributed by atoms with E-state index in [1.54, 1.807) is 13.2 Å². The minimum atomic E-state index is 0.380. The molecule has 1 aromatic heterocycles. The van der Waals surface area contributed by atoms with Crippen LogP contribution in [0, 0.1) is 6.92 Å². The van der Waals surface area contributed by atoms with Crippen LogP contribution < -0.4 is 14.8 Å². The summed E-state index contributed by atoms with van der Waals surface area (Å²) < 4.78 is 11.2. The lowest BCUT2D eigenvalue weighted by Crippen LogP contribution is -2.10. The molecule has 0 spiro atoms. The minimum absolute atomic E-state index is 0.380. The molecular formula is C16H19ClN2O2. The van der Waals surface area contributed by atoms with E-state index in [0.29, 0.717) is 18.2 Å². The van der Waals surface area contributed by atoms with Gasteiger partial charge >= 0.3 is 0 Å². The monoisotopic (exact) mass is 306 g/mol. The molecule has 2 aromatic rings. The lowest BCUT2D eigenvalue weighted by molar-refractivity contribution is 0.291. The maximum Gasteiger partial charge on any atom is 0.142 e. The van der Waals surface area contributed by atoms with Crippen molar-refractivity contribution in [2.75, 3.05) is 14.2 Å². The molecule has 0 atom stereocenters. The number of nitrogens with zero attached hydrogens (tertiary/aromatic N) is 1. The van der Waals surface area contributed by atoms with E-state index in [1.807, 2.05) is 38.2 Å². The van der Waals surface area contributed by atoms with E-state index < -0.39 is 0 Å². The molecule has 1 heterocycles. The van der Waals surface area contributed by atoms with Crippen molar-refractivity contribution in [2.45, 2.75) is 20.1 Å². The van der Waals surface area contributed by atoms with Gasteiger partial charge in [0.2, 0.25) is 0 Å². The molecule has 0 amide bonds. The summed E-state index contributed by atoms with van der Waals surface area (Å²) in [6.07, 6.45) is 0. The van der Waals surface area contributed by atoms with Crippen LogP contribution in [0.25, 0.3) is 0 Å². The number of nitrogens with one attached hydrogen (secondary N) is 1. The number of halogens is 1. The van der Waals surface area contributed by atoms with Gasteiger partial charge in [0.05, 0.1) is 12.8 Å². The maximum absolute atomic E-state index is 6.02. The number of hydrogen-bond acceptors (Lipinski definition) is 4. The van der Waals surface area contributed by atoms with Crippen LogP contribution in [-0.2, 0) is 13.2 Å². The summed E-state index contributed by atoms with van der Waals surface area (Å²) in [6, 6.07) is 9.35. The Labute approximate surface area is 130 Å². The zero-order valence-corrected chi connectivity index (χ0v) is 13.2. The molecule has 1 N–H and O–H groups in total. The van der Waals surface area contributed by atoms with Crippen LogP contribution >= 0.6 is 11.6 Å². The predicted molar refractivity (Wildman–Crippen MR) is 84.1 cm³/mol. The Kier molecular flexibility index (Phi) is 5.42. The fraction of sp³-hybridized carbons (Fsp3) is 0.312. The zero-order chi connectivity index (χ0) is 15.2. The largest absolute Gasteiger partial charge is 0.496 e. The fourth-order valence-electron chi connectivity index (χ4n) is 2.04. The Morgan fingerprint density at radius 3 is 2.67 bits per heavy atom. The number of aromatic nitrogens is 1. The van der Waals surface area contributed by atoms with Gasteiger partial charge in [-0.25, -0.2) is 0 Å². The number of benzene rings is 1. The molecule has 0 aliphatic carbocycles. The number of ether oxygens (including phenoxy) is 2. The number of hydrogen-bond donors (Lipinski definition) is 1. The molecule has 112 valence electrons. The first-order valence-electron chi connectivity index (χ1n) is 6.70. The van der Waals surface area contributed by atoms with Gasteiger partial charge in [0.25, 0.3) is 0 Å². The quantitative estimate of drug-likeness (QED) is 0.889. The fourth-order valence-corrected chi connectivity index (χ4v) is 2.23. The van der Waals surface area contributed by atoms with E-state index >= 15 is 0 Å². The SMILES string of the molecule is CNCc1nc(C)ccc1OCc1cc(Cl)ccc1OC. The summed E-state index contributed by atoms with van der Waals surface area (Å²) in [5, 5.41) is 3.75. The van der Waals surface area contributed by atoms with Gasteiger partial charge in [-0.15, -0.1) is 0 Å². The molecule has 0 aliphatic heterocycles. The summed E-state index contributed by atoms with van der Waals surface area (Å²) in [7, 11) is 3.51. The Morgan fingerprint density at radius 1 is 1.19 bits per heavy atom.